The summed E-state index contributed by atoms with van der Waals surface area (Å²) in [6, 6.07) is 1.32. The summed E-state index contributed by atoms with van der Waals surface area (Å²) in [5, 5.41) is 9.60. The third-order valence-electron chi connectivity index (χ3n) is 1.91. The topological polar surface area (TPSA) is 65.0 Å². The lowest BCUT2D eigenvalue weighted by atomic mass is 10.1. The first-order valence-corrected chi connectivity index (χ1v) is 4.09. The molecule has 0 spiro atoms. The van der Waals surface area contributed by atoms with E-state index in [1.54, 1.807) is 6.29 Å². The summed E-state index contributed by atoms with van der Waals surface area (Å²) >= 11 is 0. The van der Waals surface area contributed by atoms with Gasteiger partial charge in [-0.05, 0) is 6.07 Å². The molecule has 0 bridgehead atoms. The Balaban J connectivity index is 3.49. The van der Waals surface area contributed by atoms with Crippen LogP contribution < -0.4 is 14.2 Å². The van der Waals surface area contributed by atoms with E-state index in [-0.39, 0.29) is 22.8 Å². The largest absolute Gasteiger partial charge is 0.504 e. The minimum atomic E-state index is -0.315. The molecule has 81 valence electrons. The predicted octanol–water partition coefficient (Wildman–Crippen LogP) is 0.876. The Morgan fingerprint density at radius 1 is 1.13 bits per heavy atom. The summed E-state index contributed by atoms with van der Waals surface area (Å²) in [7, 11) is 4.18. The first-order chi connectivity index (χ1) is 7.19. The Labute approximate surface area is 87.2 Å². The van der Waals surface area contributed by atoms with Crippen LogP contribution in [0.2, 0.25) is 0 Å². The van der Waals surface area contributed by atoms with Crippen LogP contribution in [0.4, 0.5) is 0 Å². The highest BCUT2D eigenvalue weighted by Crippen LogP contribution is 2.45. The number of ether oxygens (including phenoxy) is 3. The molecule has 5 nitrogen and oxygen atoms in total. The standard InChI is InChI=1S/C10H11O5/c1-13-7-4-6(5-11)8(12)10(15-3)9(7)14-2/h4,12H,1-3H3. The smallest absolute Gasteiger partial charge is 0.237 e. The number of rotatable bonds is 4. The van der Waals surface area contributed by atoms with Crippen LogP contribution in [0.3, 0.4) is 0 Å². The van der Waals surface area contributed by atoms with Gasteiger partial charge in [0.2, 0.25) is 17.8 Å². The number of aromatic hydroxyl groups is 1. The monoisotopic (exact) mass is 211 g/mol. The normalized spacial score (nSPS) is 9.53. The van der Waals surface area contributed by atoms with Crippen LogP contribution in [0.5, 0.6) is 23.0 Å². The van der Waals surface area contributed by atoms with Gasteiger partial charge in [0.15, 0.2) is 11.5 Å². The SMILES string of the molecule is COc1cc([C]=O)c(O)c(OC)c1OC. The molecule has 0 atom stereocenters. The molecular formula is C10H11O5. The average molecular weight is 211 g/mol. The Morgan fingerprint density at radius 2 is 1.73 bits per heavy atom. The van der Waals surface area contributed by atoms with Gasteiger partial charge in [0.25, 0.3) is 0 Å². The Morgan fingerprint density at radius 3 is 2.13 bits per heavy atom. The van der Waals surface area contributed by atoms with Crippen molar-refractivity contribution in [3.8, 4) is 23.0 Å². The number of hydrogen-bond donors (Lipinski definition) is 1. The van der Waals surface area contributed by atoms with Gasteiger partial charge in [0.05, 0.1) is 26.9 Å². The summed E-state index contributed by atoms with van der Waals surface area (Å²) in [5.41, 5.74) is -0.0375. The van der Waals surface area contributed by atoms with E-state index in [0.717, 1.165) is 0 Å². The average Bonchev–Trinajstić information content (AvgIpc) is 2.28. The van der Waals surface area contributed by atoms with Crippen LogP contribution in [-0.4, -0.2) is 32.7 Å². The summed E-state index contributed by atoms with van der Waals surface area (Å²) in [5.74, 6) is 0.266. The lowest BCUT2D eigenvalue weighted by Crippen LogP contribution is -1.97. The molecule has 5 heteroatoms. The minimum Gasteiger partial charge on any atom is -0.504 e. The highest BCUT2D eigenvalue weighted by molar-refractivity contribution is 5.84. The molecule has 1 N–H and O–H groups in total. The van der Waals surface area contributed by atoms with E-state index in [4.69, 9.17) is 14.2 Å². The molecule has 15 heavy (non-hydrogen) atoms. The van der Waals surface area contributed by atoms with Crippen molar-refractivity contribution in [3.63, 3.8) is 0 Å². The third-order valence-corrected chi connectivity index (χ3v) is 1.91. The molecule has 0 saturated heterocycles. The van der Waals surface area contributed by atoms with Crippen LogP contribution in [0.15, 0.2) is 6.07 Å². The Hall–Kier alpha value is -1.91. The van der Waals surface area contributed by atoms with Crippen molar-refractivity contribution in [3.05, 3.63) is 11.6 Å². The van der Waals surface area contributed by atoms with Gasteiger partial charge in [0.1, 0.15) is 0 Å². The van der Waals surface area contributed by atoms with E-state index in [9.17, 15) is 9.90 Å². The number of methoxy groups -OCH3 is 3. The fourth-order valence-electron chi connectivity index (χ4n) is 1.22. The van der Waals surface area contributed by atoms with Crippen LogP contribution in [0.25, 0.3) is 0 Å². The maximum atomic E-state index is 10.5. The summed E-state index contributed by atoms with van der Waals surface area (Å²) < 4.78 is 14.9. The maximum Gasteiger partial charge on any atom is 0.237 e. The van der Waals surface area contributed by atoms with Gasteiger partial charge in [-0.15, -0.1) is 0 Å². The van der Waals surface area contributed by atoms with Crippen LogP contribution in [0, 0.1) is 0 Å². The van der Waals surface area contributed by atoms with Gasteiger partial charge in [-0.2, -0.15) is 0 Å². The molecule has 0 aliphatic rings. The number of benzene rings is 1. The lowest BCUT2D eigenvalue weighted by molar-refractivity contribution is 0.310. The van der Waals surface area contributed by atoms with E-state index in [0.29, 0.717) is 5.75 Å². The molecule has 1 aromatic carbocycles. The Bertz CT molecular complexity index is 373. The molecule has 0 amide bonds. The van der Waals surface area contributed by atoms with E-state index in [1.165, 1.54) is 27.4 Å². The summed E-state index contributed by atoms with van der Waals surface area (Å²) in [6.45, 7) is 0. The van der Waals surface area contributed by atoms with Crippen LogP contribution in [-0.2, 0) is 4.79 Å². The zero-order valence-electron chi connectivity index (χ0n) is 8.66. The number of phenols is 1. The van der Waals surface area contributed by atoms with E-state index < -0.39 is 0 Å². The molecule has 1 aromatic rings. The lowest BCUT2D eigenvalue weighted by Gasteiger charge is -2.13. The fraction of sp³-hybridized carbons (Fsp3) is 0.300. The first kappa shape index (κ1) is 11.2. The van der Waals surface area contributed by atoms with E-state index in [1.807, 2.05) is 0 Å². The van der Waals surface area contributed by atoms with Crippen molar-refractivity contribution in [2.24, 2.45) is 0 Å². The summed E-state index contributed by atoms with van der Waals surface area (Å²) in [6.07, 6.45) is 1.58. The molecule has 0 aromatic heterocycles. The van der Waals surface area contributed by atoms with E-state index in [2.05, 4.69) is 0 Å². The third kappa shape index (κ3) is 1.81. The molecule has 0 saturated carbocycles. The van der Waals surface area contributed by atoms with Crippen LogP contribution >= 0.6 is 0 Å². The second-order valence-electron chi connectivity index (χ2n) is 2.64. The van der Waals surface area contributed by atoms with Crippen LogP contribution in [0.1, 0.15) is 5.56 Å². The van der Waals surface area contributed by atoms with E-state index >= 15 is 0 Å². The van der Waals surface area contributed by atoms with Crippen molar-refractivity contribution in [2.75, 3.05) is 21.3 Å². The molecule has 0 fully saturated rings. The second-order valence-corrected chi connectivity index (χ2v) is 2.64. The number of phenolic OH excluding ortho intramolecular Hbond substituents is 1. The Kier molecular flexibility index (Phi) is 3.38. The number of hydrogen-bond acceptors (Lipinski definition) is 5. The molecule has 0 unspecified atom stereocenters. The van der Waals surface area contributed by atoms with Crippen molar-refractivity contribution in [1.29, 1.82) is 0 Å². The molecule has 0 aliphatic heterocycles. The highest BCUT2D eigenvalue weighted by atomic mass is 16.5. The van der Waals surface area contributed by atoms with Gasteiger partial charge in [-0.1, -0.05) is 0 Å². The van der Waals surface area contributed by atoms with Crippen molar-refractivity contribution in [2.45, 2.75) is 0 Å². The zero-order chi connectivity index (χ0) is 11.4. The molecular weight excluding hydrogens is 200 g/mol. The number of carbonyl (C=O) groups excluding carboxylic acids is 1. The first-order valence-electron chi connectivity index (χ1n) is 4.09. The highest BCUT2D eigenvalue weighted by Gasteiger charge is 2.19. The van der Waals surface area contributed by atoms with Gasteiger partial charge in [-0.3, -0.25) is 4.79 Å². The second kappa shape index (κ2) is 4.54. The maximum absolute atomic E-state index is 10.5. The van der Waals surface area contributed by atoms with Gasteiger partial charge < -0.3 is 19.3 Å². The van der Waals surface area contributed by atoms with Crippen molar-refractivity contribution >= 4 is 6.29 Å². The van der Waals surface area contributed by atoms with Gasteiger partial charge >= 0.3 is 0 Å². The predicted molar refractivity (Wildman–Crippen MR) is 52.6 cm³/mol. The fourth-order valence-corrected chi connectivity index (χ4v) is 1.22. The zero-order valence-corrected chi connectivity index (χ0v) is 8.66. The minimum absolute atomic E-state index is 0.0375. The molecule has 1 rings (SSSR count). The molecule has 1 radical (unpaired) electrons. The van der Waals surface area contributed by atoms with Gasteiger partial charge in [-0.25, -0.2) is 0 Å². The molecule has 0 aliphatic carbocycles. The van der Waals surface area contributed by atoms with Gasteiger partial charge in [0, 0.05) is 0 Å². The summed E-state index contributed by atoms with van der Waals surface area (Å²) in [4.78, 5) is 10.5. The quantitative estimate of drug-likeness (QED) is 0.800. The van der Waals surface area contributed by atoms with Crippen molar-refractivity contribution < 1.29 is 24.1 Å². The van der Waals surface area contributed by atoms with Crippen molar-refractivity contribution in [1.82, 2.24) is 0 Å². The molecule has 0 heterocycles.